The number of hydrogen-bond acceptors (Lipinski definition) is 5. The first-order chi connectivity index (χ1) is 10.7. The Morgan fingerprint density at radius 1 is 1.55 bits per heavy atom. The van der Waals surface area contributed by atoms with Crippen LogP contribution in [0.4, 0.5) is 5.82 Å². The molecule has 1 saturated heterocycles. The van der Waals surface area contributed by atoms with Gasteiger partial charge in [-0.2, -0.15) is 5.26 Å². The van der Waals surface area contributed by atoms with Gasteiger partial charge >= 0.3 is 0 Å². The Bertz CT molecular complexity index is 772. The normalized spacial score (nSPS) is 22.0. The maximum atomic E-state index is 11.7. The molecule has 1 unspecified atom stereocenters. The molecule has 22 heavy (non-hydrogen) atoms. The molecule has 1 saturated carbocycles. The van der Waals surface area contributed by atoms with E-state index < -0.39 is 0 Å². The van der Waals surface area contributed by atoms with Gasteiger partial charge < -0.3 is 15.2 Å². The SMILES string of the molecule is N#CCC(=O)NC1CN(c2ncnc3[nH]ccc23)CC12CC2. The predicted molar refractivity (Wildman–Crippen MR) is 79.9 cm³/mol. The molecule has 3 heterocycles. The van der Waals surface area contributed by atoms with Crippen molar-refractivity contribution in [2.45, 2.75) is 25.3 Å². The highest BCUT2D eigenvalue weighted by molar-refractivity contribution is 5.87. The van der Waals surface area contributed by atoms with Gasteiger partial charge in [0, 0.05) is 24.7 Å². The summed E-state index contributed by atoms with van der Waals surface area (Å²) < 4.78 is 0. The minimum absolute atomic E-state index is 0.0812. The summed E-state index contributed by atoms with van der Waals surface area (Å²) in [4.78, 5) is 25.7. The third kappa shape index (κ3) is 1.99. The molecule has 0 aromatic carbocycles. The second kappa shape index (κ2) is 4.70. The van der Waals surface area contributed by atoms with E-state index in [1.807, 2.05) is 18.3 Å². The van der Waals surface area contributed by atoms with Crippen LogP contribution in [-0.4, -0.2) is 40.0 Å². The fourth-order valence-electron chi connectivity index (χ4n) is 3.42. The molecule has 2 fully saturated rings. The summed E-state index contributed by atoms with van der Waals surface area (Å²) in [5.74, 6) is 0.727. The van der Waals surface area contributed by atoms with Gasteiger partial charge in [-0.1, -0.05) is 0 Å². The highest BCUT2D eigenvalue weighted by Crippen LogP contribution is 2.53. The molecular formula is C15H16N6O. The van der Waals surface area contributed by atoms with Crippen molar-refractivity contribution >= 4 is 22.8 Å². The maximum Gasteiger partial charge on any atom is 0.234 e. The minimum Gasteiger partial charge on any atom is -0.353 e. The number of rotatable bonds is 3. The summed E-state index contributed by atoms with van der Waals surface area (Å²) in [7, 11) is 0. The van der Waals surface area contributed by atoms with Crippen LogP contribution >= 0.6 is 0 Å². The Labute approximate surface area is 127 Å². The first kappa shape index (κ1) is 13.1. The lowest BCUT2D eigenvalue weighted by Gasteiger charge is -2.18. The van der Waals surface area contributed by atoms with E-state index in [1.54, 1.807) is 6.33 Å². The lowest BCUT2D eigenvalue weighted by molar-refractivity contribution is -0.121. The minimum atomic E-state index is -0.185. The van der Waals surface area contributed by atoms with E-state index in [0.29, 0.717) is 0 Å². The molecule has 2 aliphatic rings. The molecule has 2 aromatic heterocycles. The van der Waals surface area contributed by atoms with Gasteiger partial charge in [0.1, 0.15) is 24.2 Å². The van der Waals surface area contributed by atoms with Crippen molar-refractivity contribution in [3.05, 3.63) is 18.6 Å². The van der Waals surface area contributed by atoms with Crippen molar-refractivity contribution in [3.63, 3.8) is 0 Å². The van der Waals surface area contributed by atoms with E-state index in [2.05, 4.69) is 25.2 Å². The number of carbonyl (C=O) groups excluding carboxylic acids is 1. The summed E-state index contributed by atoms with van der Waals surface area (Å²) in [6.07, 6.45) is 5.57. The number of hydrogen-bond donors (Lipinski definition) is 2. The van der Waals surface area contributed by atoms with Crippen LogP contribution in [0.2, 0.25) is 0 Å². The van der Waals surface area contributed by atoms with Crippen LogP contribution in [0.5, 0.6) is 0 Å². The van der Waals surface area contributed by atoms with Crippen LogP contribution in [0, 0.1) is 16.7 Å². The van der Waals surface area contributed by atoms with E-state index >= 15 is 0 Å². The number of nitriles is 1. The molecule has 7 nitrogen and oxygen atoms in total. The second-order valence-corrected chi connectivity index (χ2v) is 6.14. The van der Waals surface area contributed by atoms with Crippen molar-refractivity contribution in [1.82, 2.24) is 20.3 Å². The average molecular weight is 296 g/mol. The first-order valence-electron chi connectivity index (χ1n) is 7.41. The van der Waals surface area contributed by atoms with Gasteiger partial charge in [0.05, 0.1) is 17.5 Å². The van der Waals surface area contributed by atoms with Crippen LogP contribution in [0.3, 0.4) is 0 Å². The molecule has 2 N–H and O–H groups in total. The van der Waals surface area contributed by atoms with Gasteiger partial charge in [0.2, 0.25) is 5.91 Å². The quantitative estimate of drug-likeness (QED) is 0.879. The van der Waals surface area contributed by atoms with E-state index in [0.717, 1.165) is 42.8 Å². The number of amides is 1. The molecule has 1 spiro atoms. The molecule has 4 rings (SSSR count). The maximum absolute atomic E-state index is 11.7. The molecule has 1 aliphatic heterocycles. The number of H-pyrrole nitrogens is 1. The van der Waals surface area contributed by atoms with Crippen LogP contribution in [0.15, 0.2) is 18.6 Å². The zero-order valence-electron chi connectivity index (χ0n) is 12.0. The van der Waals surface area contributed by atoms with Gasteiger partial charge in [-0.25, -0.2) is 9.97 Å². The summed E-state index contributed by atoms with van der Waals surface area (Å²) in [5, 5.41) is 12.7. The third-order valence-corrected chi connectivity index (χ3v) is 4.75. The van der Waals surface area contributed by atoms with Gasteiger partial charge in [-0.05, 0) is 18.9 Å². The van der Waals surface area contributed by atoms with Gasteiger partial charge in [-0.15, -0.1) is 0 Å². The van der Waals surface area contributed by atoms with Gasteiger partial charge in [-0.3, -0.25) is 4.79 Å². The number of nitrogens with one attached hydrogen (secondary N) is 2. The lowest BCUT2D eigenvalue weighted by atomic mass is 10.0. The standard InChI is InChI=1S/C15H16N6O/c16-5-1-12(22)20-11-7-21(8-15(11)3-4-15)14-10-2-6-17-13(10)18-9-19-14/h2,6,9,11H,1,3-4,7-8H2,(H,20,22)(H,17,18,19). The van der Waals surface area contributed by atoms with Crippen LogP contribution in [0.25, 0.3) is 11.0 Å². The van der Waals surface area contributed by atoms with Crippen LogP contribution in [0.1, 0.15) is 19.3 Å². The number of aromatic amines is 1. The summed E-state index contributed by atoms with van der Waals surface area (Å²) >= 11 is 0. The molecule has 112 valence electrons. The third-order valence-electron chi connectivity index (χ3n) is 4.75. The van der Waals surface area contributed by atoms with Crippen molar-refractivity contribution in [2.75, 3.05) is 18.0 Å². The highest BCUT2D eigenvalue weighted by atomic mass is 16.1. The summed E-state index contributed by atoms with van der Waals surface area (Å²) in [6, 6.07) is 3.98. The predicted octanol–water partition coefficient (Wildman–Crippen LogP) is 0.957. The smallest absolute Gasteiger partial charge is 0.234 e. The number of aromatic nitrogens is 3. The van der Waals surface area contributed by atoms with Gasteiger partial charge in [0.25, 0.3) is 0 Å². The number of fused-ring (bicyclic) bond motifs is 1. The number of anilines is 1. The Morgan fingerprint density at radius 3 is 3.18 bits per heavy atom. The Hall–Kier alpha value is -2.62. The molecular weight excluding hydrogens is 280 g/mol. The van der Waals surface area contributed by atoms with Crippen molar-refractivity contribution in [3.8, 4) is 6.07 Å². The molecule has 0 radical (unpaired) electrons. The Balaban J connectivity index is 1.59. The zero-order chi connectivity index (χ0) is 15.2. The van der Waals surface area contributed by atoms with Crippen LogP contribution < -0.4 is 10.2 Å². The van der Waals surface area contributed by atoms with Crippen molar-refractivity contribution in [1.29, 1.82) is 5.26 Å². The molecule has 7 heteroatoms. The van der Waals surface area contributed by atoms with Crippen LogP contribution in [-0.2, 0) is 4.79 Å². The van der Waals surface area contributed by atoms with E-state index in [1.165, 1.54) is 0 Å². The monoisotopic (exact) mass is 296 g/mol. The van der Waals surface area contributed by atoms with E-state index in [4.69, 9.17) is 5.26 Å². The number of nitrogens with zero attached hydrogens (tertiary/aromatic N) is 4. The highest BCUT2D eigenvalue weighted by Gasteiger charge is 2.55. The fraction of sp³-hybridized carbons (Fsp3) is 0.467. The van der Waals surface area contributed by atoms with E-state index in [-0.39, 0.29) is 23.8 Å². The van der Waals surface area contributed by atoms with Crippen molar-refractivity contribution in [2.24, 2.45) is 5.41 Å². The summed E-state index contributed by atoms with van der Waals surface area (Å²) in [6.45, 7) is 1.62. The molecule has 0 bridgehead atoms. The largest absolute Gasteiger partial charge is 0.353 e. The Morgan fingerprint density at radius 2 is 2.41 bits per heavy atom. The summed E-state index contributed by atoms with van der Waals surface area (Å²) in [5.41, 5.74) is 0.977. The molecule has 1 atom stereocenters. The van der Waals surface area contributed by atoms with Crippen molar-refractivity contribution < 1.29 is 4.79 Å². The average Bonchev–Trinajstić information content (AvgIpc) is 2.97. The Kier molecular flexibility index (Phi) is 2.79. The first-order valence-corrected chi connectivity index (χ1v) is 7.41. The lowest BCUT2D eigenvalue weighted by Crippen LogP contribution is -2.41. The molecule has 1 amide bonds. The molecule has 2 aromatic rings. The topological polar surface area (TPSA) is 97.7 Å². The van der Waals surface area contributed by atoms with Gasteiger partial charge in [0.15, 0.2) is 0 Å². The second-order valence-electron chi connectivity index (χ2n) is 6.14. The fourth-order valence-corrected chi connectivity index (χ4v) is 3.42. The number of carbonyl (C=O) groups is 1. The van der Waals surface area contributed by atoms with E-state index in [9.17, 15) is 4.79 Å². The molecule has 1 aliphatic carbocycles. The zero-order valence-corrected chi connectivity index (χ0v) is 12.0.